The van der Waals surface area contributed by atoms with Crippen LogP contribution in [0.1, 0.15) is 50.4 Å². The van der Waals surface area contributed by atoms with Gasteiger partial charge in [0, 0.05) is 0 Å². The fourth-order valence-corrected chi connectivity index (χ4v) is 1.96. The van der Waals surface area contributed by atoms with Gasteiger partial charge < -0.3 is 9.47 Å². The first kappa shape index (κ1) is 17.1. The lowest BCUT2D eigenvalue weighted by Crippen LogP contribution is -2.12. The number of hydrogen-bond acceptors (Lipinski definition) is 3. The van der Waals surface area contributed by atoms with Crippen molar-refractivity contribution in [1.29, 1.82) is 0 Å². The molecule has 1 rings (SSSR count). The largest absolute Gasteiger partial charge is 0.491 e. The lowest BCUT2D eigenvalue weighted by Gasteiger charge is -2.15. The highest BCUT2D eigenvalue weighted by Crippen LogP contribution is 2.17. The molecule has 0 spiro atoms. The van der Waals surface area contributed by atoms with E-state index in [0.717, 1.165) is 24.5 Å². The van der Waals surface area contributed by atoms with Crippen molar-refractivity contribution in [2.24, 2.45) is 5.92 Å². The molecule has 0 bridgehead atoms. The van der Waals surface area contributed by atoms with Gasteiger partial charge in [-0.15, -0.1) is 6.42 Å². The van der Waals surface area contributed by atoms with E-state index in [4.69, 9.17) is 15.9 Å². The van der Waals surface area contributed by atoms with E-state index in [2.05, 4.69) is 26.7 Å². The van der Waals surface area contributed by atoms with Gasteiger partial charge in [0.25, 0.3) is 0 Å². The Kier molecular flexibility index (Phi) is 7.39. The van der Waals surface area contributed by atoms with Crippen molar-refractivity contribution in [3.8, 4) is 18.1 Å². The summed E-state index contributed by atoms with van der Waals surface area (Å²) in [5.74, 6) is 3.34. The zero-order valence-electron chi connectivity index (χ0n) is 13.1. The minimum atomic E-state index is -0.413. The van der Waals surface area contributed by atoms with Gasteiger partial charge in [-0.25, -0.2) is 4.79 Å². The summed E-state index contributed by atoms with van der Waals surface area (Å²) in [6.45, 7) is 6.51. The second-order valence-corrected chi connectivity index (χ2v) is 5.56. The molecule has 21 heavy (non-hydrogen) atoms. The summed E-state index contributed by atoms with van der Waals surface area (Å²) < 4.78 is 10.7. The number of rotatable bonds is 8. The summed E-state index contributed by atoms with van der Waals surface area (Å²) >= 11 is 0. The minimum Gasteiger partial charge on any atom is -0.491 e. The zero-order chi connectivity index (χ0) is 15.7. The fraction of sp³-hybridized carbons (Fsp3) is 0.500. The van der Waals surface area contributed by atoms with Gasteiger partial charge in [-0.1, -0.05) is 26.2 Å². The maximum Gasteiger partial charge on any atom is 0.339 e. The molecule has 1 aromatic carbocycles. The Hall–Kier alpha value is -1.95. The van der Waals surface area contributed by atoms with Gasteiger partial charge in [0.15, 0.2) is 6.61 Å². The second-order valence-electron chi connectivity index (χ2n) is 5.56. The van der Waals surface area contributed by atoms with Crippen LogP contribution in [0.5, 0.6) is 5.75 Å². The van der Waals surface area contributed by atoms with Crippen LogP contribution in [0, 0.1) is 18.3 Å². The highest BCUT2D eigenvalue weighted by atomic mass is 16.5. The molecule has 0 fully saturated rings. The van der Waals surface area contributed by atoms with E-state index in [0.29, 0.717) is 5.56 Å². The number of hydrogen-bond donors (Lipinski definition) is 0. The summed E-state index contributed by atoms with van der Waals surface area (Å²) in [4.78, 5) is 11.6. The fourth-order valence-electron chi connectivity index (χ4n) is 1.96. The Balaban J connectivity index is 2.43. The Morgan fingerprint density at radius 1 is 1.19 bits per heavy atom. The molecular weight excluding hydrogens is 264 g/mol. The molecule has 0 aromatic heterocycles. The number of terminal acetylenes is 1. The minimum absolute atomic E-state index is 0.00995. The van der Waals surface area contributed by atoms with Gasteiger partial charge in [0.2, 0.25) is 0 Å². The molecule has 3 nitrogen and oxygen atoms in total. The van der Waals surface area contributed by atoms with Crippen molar-refractivity contribution in [2.45, 2.75) is 46.1 Å². The van der Waals surface area contributed by atoms with Crippen LogP contribution in [0.15, 0.2) is 24.3 Å². The van der Waals surface area contributed by atoms with Crippen LogP contribution in [0.3, 0.4) is 0 Å². The Morgan fingerprint density at radius 3 is 2.43 bits per heavy atom. The first-order valence-corrected chi connectivity index (χ1v) is 7.40. The van der Waals surface area contributed by atoms with Crippen molar-refractivity contribution in [3.63, 3.8) is 0 Å². The van der Waals surface area contributed by atoms with Crippen molar-refractivity contribution in [3.05, 3.63) is 29.8 Å². The van der Waals surface area contributed by atoms with E-state index in [-0.39, 0.29) is 12.7 Å². The summed E-state index contributed by atoms with van der Waals surface area (Å²) in [6, 6.07) is 6.95. The standard InChI is InChI=1S/C18H24O3/c1-5-13-20-18(19)16-9-11-17(12-10-16)21-15(4)8-6-7-14(2)3/h1,9-12,14-15H,6-8,13H2,2-4H3. The molecule has 0 N–H and O–H groups in total. The Labute approximate surface area is 127 Å². The van der Waals surface area contributed by atoms with Gasteiger partial charge in [0.05, 0.1) is 11.7 Å². The van der Waals surface area contributed by atoms with Crippen molar-refractivity contribution in [2.75, 3.05) is 6.61 Å². The lowest BCUT2D eigenvalue weighted by atomic mass is 10.0. The van der Waals surface area contributed by atoms with E-state index < -0.39 is 5.97 Å². The topological polar surface area (TPSA) is 35.5 Å². The van der Waals surface area contributed by atoms with Crippen LogP contribution in [-0.4, -0.2) is 18.7 Å². The highest BCUT2D eigenvalue weighted by molar-refractivity contribution is 5.89. The van der Waals surface area contributed by atoms with E-state index in [1.54, 1.807) is 24.3 Å². The summed E-state index contributed by atoms with van der Waals surface area (Å²) in [5.41, 5.74) is 0.477. The second kappa shape index (κ2) is 9.07. The van der Waals surface area contributed by atoms with Crippen LogP contribution in [0.2, 0.25) is 0 Å². The monoisotopic (exact) mass is 288 g/mol. The van der Waals surface area contributed by atoms with Gasteiger partial charge in [-0.2, -0.15) is 0 Å². The normalized spacial score (nSPS) is 11.8. The maximum absolute atomic E-state index is 11.6. The number of ether oxygens (including phenoxy) is 2. The van der Waals surface area contributed by atoms with Crippen LogP contribution in [0.4, 0.5) is 0 Å². The molecule has 0 saturated carbocycles. The molecule has 0 amide bonds. The van der Waals surface area contributed by atoms with E-state index in [1.165, 1.54) is 6.42 Å². The molecule has 1 aromatic rings. The molecule has 1 atom stereocenters. The molecule has 0 saturated heterocycles. The highest BCUT2D eigenvalue weighted by Gasteiger charge is 2.08. The molecule has 114 valence electrons. The Morgan fingerprint density at radius 2 is 1.86 bits per heavy atom. The van der Waals surface area contributed by atoms with E-state index >= 15 is 0 Å². The number of carbonyl (C=O) groups is 1. The van der Waals surface area contributed by atoms with Crippen LogP contribution < -0.4 is 4.74 Å². The summed E-state index contributed by atoms with van der Waals surface area (Å²) in [6.07, 6.45) is 8.62. The molecule has 0 aliphatic carbocycles. The third kappa shape index (κ3) is 6.85. The number of carbonyl (C=O) groups excluding carboxylic acids is 1. The van der Waals surface area contributed by atoms with Crippen molar-refractivity contribution < 1.29 is 14.3 Å². The van der Waals surface area contributed by atoms with Crippen LogP contribution >= 0.6 is 0 Å². The average Bonchev–Trinajstić information content (AvgIpc) is 2.45. The number of esters is 1. The molecular formula is C18H24O3. The van der Waals surface area contributed by atoms with Crippen molar-refractivity contribution >= 4 is 5.97 Å². The molecule has 0 aliphatic rings. The van der Waals surface area contributed by atoms with Gasteiger partial charge in [0.1, 0.15) is 5.75 Å². The predicted molar refractivity (Wildman–Crippen MR) is 84.3 cm³/mol. The first-order valence-electron chi connectivity index (χ1n) is 7.40. The van der Waals surface area contributed by atoms with Gasteiger partial charge >= 0.3 is 5.97 Å². The zero-order valence-corrected chi connectivity index (χ0v) is 13.1. The molecule has 0 heterocycles. The van der Waals surface area contributed by atoms with Gasteiger partial charge in [-0.05, 0) is 49.9 Å². The predicted octanol–water partition coefficient (Wildman–Crippen LogP) is 4.07. The third-order valence-corrected chi connectivity index (χ3v) is 3.11. The summed E-state index contributed by atoms with van der Waals surface area (Å²) in [5, 5.41) is 0. The first-order chi connectivity index (χ1) is 10.0. The SMILES string of the molecule is C#CCOC(=O)c1ccc(OC(C)CCCC(C)C)cc1. The molecule has 0 radical (unpaired) electrons. The molecule has 3 heteroatoms. The molecule has 0 aliphatic heterocycles. The van der Waals surface area contributed by atoms with Crippen LogP contribution in [-0.2, 0) is 4.74 Å². The third-order valence-electron chi connectivity index (χ3n) is 3.11. The smallest absolute Gasteiger partial charge is 0.339 e. The van der Waals surface area contributed by atoms with E-state index in [1.807, 2.05) is 0 Å². The number of benzene rings is 1. The lowest BCUT2D eigenvalue weighted by molar-refractivity contribution is 0.0556. The molecule has 1 unspecified atom stereocenters. The van der Waals surface area contributed by atoms with Gasteiger partial charge in [-0.3, -0.25) is 0 Å². The van der Waals surface area contributed by atoms with Crippen LogP contribution in [0.25, 0.3) is 0 Å². The quantitative estimate of drug-likeness (QED) is 0.534. The summed E-state index contributed by atoms with van der Waals surface area (Å²) in [7, 11) is 0. The van der Waals surface area contributed by atoms with E-state index in [9.17, 15) is 4.79 Å². The maximum atomic E-state index is 11.6. The van der Waals surface area contributed by atoms with Crippen molar-refractivity contribution in [1.82, 2.24) is 0 Å². The Bertz CT molecular complexity index is 468. The average molecular weight is 288 g/mol.